The van der Waals surface area contributed by atoms with Gasteiger partial charge in [0.25, 0.3) is 0 Å². The Balaban J connectivity index is 4.02. The maximum Gasteiger partial charge on any atom is 0.326 e. The van der Waals surface area contributed by atoms with Crippen LogP contribution in [-0.2, 0) is 9.59 Å². The average Bonchev–Trinajstić information content (AvgIpc) is 2.02. The van der Waals surface area contributed by atoms with E-state index in [1.807, 2.05) is 0 Å². The minimum Gasteiger partial charge on any atom is -0.480 e. The summed E-state index contributed by atoms with van der Waals surface area (Å²) in [6.45, 7) is 1.51. The molecule has 72 valence electrons. The lowest BCUT2D eigenvalue weighted by molar-refractivity contribution is -0.141. The van der Waals surface area contributed by atoms with Crippen molar-refractivity contribution < 1.29 is 14.7 Å². The van der Waals surface area contributed by atoms with Gasteiger partial charge in [0.05, 0.1) is 11.7 Å². The maximum atomic E-state index is 10.6. The molecule has 0 heterocycles. The third kappa shape index (κ3) is 5.95. The van der Waals surface area contributed by atoms with Crippen LogP contribution in [0.15, 0.2) is 4.99 Å². The first-order chi connectivity index (χ1) is 6.07. The number of isothiocyanates is 1. The van der Waals surface area contributed by atoms with Gasteiger partial charge in [0, 0.05) is 6.92 Å². The van der Waals surface area contributed by atoms with E-state index in [0.29, 0.717) is 0 Å². The normalized spacial score (nSPS) is 11.2. The molecule has 6 heteroatoms. The van der Waals surface area contributed by atoms with Crippen molar-refractivity contribution in [3.63, 3.8) is 0 Å². The molecule has 0 aliphatic carbocycles. The van der Waals surface area contributed by atoms with Gasteiger partial charge in [-0.3, -0.25) is 4.79 Å². The number of carboxylic acids is 1. The summed E-state index contributed by atoms with van der Waals surface area (Å²) in [4.78, 5) is 24.6. The summed E-state index contributed by atoms with van der Waals surface area (Å²) in [5, 5.41) is 13.0. The molecule has 0 aromatic carbocycles. The number of carbonyl (C=O) groups excluding carboxylic acids is 1. The van der Waals surface area contributed by atoms with E-state index in [2.05, 4.69) is 27.7 Å². The largest absolute Gasteiger partial charge is 0.480 e. The predicted molar refractivity (Wildman–Crippen MR) is 49.8 cm³/mol. The van der Waals surface area contributed by atoms with Gasteiger partial charge >= 0.3 is 5.97 Å². The van der Waals surface area contributed by atoms with Crippen LogP contribution in [-0.4, -0.2) is 34.7 Å². The fourth-order valence-corrected chi connectivity index (χ4v) is 0.833. The Kier molecular flexibility index (Phi) is 5.67. The van der Waals surface area contributed by atoms with Crippen LogP contribution in [0.3, 0.4) is 0 Å². The topological polar surface area (TPSA) is 78.8 Å². The number of aliphatic imine (C=N–C) groups is 1. The van der Waals surface area contributed by atoms with E-state index in [0.717, 1.165) is 0 Å². The van der Waals surface area contributed by atoms with Gasteiger partial charge in [-0.2, -0.15) is 0 Å². The first-order valence-corrected chi connectivity index (χ1v) is 4.02. The fraction of sp³-hybridized carbons (Fsp3) is 0.571. The molecular weight excluding hydrogens is 192 g/mol. The van der Waals surface area contributed by atoms with Crippen molar-refractivity contribution in [1.29, 1.82) is 0 Å². The van der Waals surface area contributed by atoms with E-state index in [-0.39, 0.29) is 18.9 Å². The molecule has 0 rings (SSSR count). The Morgan fingerprint density at radius 1 is 1.69 bits per heavy atom. The number of carboxylic acid groups (broad SMARTS) is 1. The van der Waals surface area contributed by atoms with Gasteiger partial charge in [0.2, 0.25) is 5.91 Å². The van der Waals surface area contributed by atoms with Crippen molar-refractivity contribution in [2.24, 2.45) is 4.99 Å². The number of amides is 1. The van der Waals surface area contributed by atoms with E-state index in [1.165, 1.54) is 6.92 Å². The maximum absolute atomic E-state index is 10.6. The summed E-state index contributed by atoms with van der Waals surface area (Å²) in [7, 11) is 0. The van der Waals surface area contributed by atoms with Crippen LogP contribution in [0.1, 0.15) is 13.3 Å². The smallest absolute Gasteiger partial charge is 0.326 e. The zero-order chi connectivity index (χ0) is 10.3. The third-order valence-electron chi connectivity index (χ3n) is 1.27. The highest BCUT2D eigenvalue weighted by atomic mass is 32.1. The molecule has 5 nitrogen and oxygen atoms in total. The summed E-state index contributed by atoms with van der Waals surface area (Å²) < 4.78 is 0. The number of aliphatic carboxylic acids is 1. The van der Waals surface area contributed by atoms with Crippen LogP contribution in [0.5, 0.6) is 0 Å². The summed E-state index contributed by atoms with van der Waals surface area (Å²) in [5.41, 5.74) is 0. The number of nitrogens with one attached hydrogen (secondary N) is 1. The number of hydrogen-bond donors (Lipinski definition) is 2. The number of rotatable bonds is 5. The number of thiocarbonyl (C=S) groups is 1. The molecule has 0 radical (unpaired) electrons. The molecule has 0 aromatic heterocycles. The summed E-state index contributed by atoms with van der Waals surface area (Å²) in [6, 6.07) is -0.899. The highest BCUT2D eigenvalue weighted by Crippen LogP contribution is 1.92. The molecule has 0 aromatic rings. The second-order valence-corrected chi connectivity index (χ2v) is 2.54. The zero-order valence-electron chi connectivity index (χ0n) is 7.11. The van der Waals surface area contributed by atoms with Crippen LogP contribution in [0, 0.1) is 0 Å². The second-order valence-electron chi connectivity index (χ2n) is 2.35. The van der Waals surface area contributed by atoms with Gasteiger partial charge in [0.1, 0.15) is 6.04 Å². The van der Waals surface area contributed by atoms with Gasteiger partial charge < -0.3 is 10.4 Å². The zero-order valence-corrected chi connectivity index (χ0v) is 7.93. The highest BCUT2D eigenvalue weighted by Gasteiger charge is 2.16. The summed E-state index contributed by atoms with van der Waals surface area (Å²) in [6.07, 6.45) is 0.221. The lowest BCUT2D eigenvalue weighted by atomic mass is 10.2. The van der Waals surface area contributed by atoms with E-state index in [4.69, 9.17) is 5.11 Å². The molecular formula is C7H10N2O3S. The van der Waals surface area contributed by atoms with Gasteiger partial charge in [-0.15, -0.1) is 0 Å². The van der Waals surface area contributed by atoms with Gasteiger partial charge in [-0.25, -0.2) is 9.79 Å². The fourth-order valence-electron chi connectivity index (χ4n) is 0.742. The van der Waals surface area contributed by atoms with Gasteiger partial charge in [0.15, 0.2) is 0 Å². The molecule has 0 saturated carbocycles. The van der Waals surface area contributed by atoms with Crippen molar-refractivity contribution >= 4 is 29.3 Å². The van der Waals surface area contributed by atoms with Crippen molar-refractivity contribution in [2.45, 2.75) is 19.4 Å². The summed E-state index contributed by atoms with van der Waals surface area (Å²) >= 11 is 4.31. The molecule has 1 amide bonds. The molecule has 0 spiro atoms. The Bertz CT molecular complexity index is 248. The number of hydrogen-bond acceptors (Lipinski definition) is 4. The molecule has 0 aliphatic rings. The number of carbonyl (C=O) groups is 2. The summed E-state index contributed by atoms with van der Waals surface area (Å²) in [5.74, 6) is -1.45. The number of nitrogens with zero attached hydrogens (tertiary/aromatic N) is 1. The molecule has 0 aliphatic heterocycles. The molecule has 0 fully saturated rings. The van der Waals surface area contributed by atoms with Crippen LogP contribution in [0.2, 0.25) is 0 Å². The van der Waals surface area contributed by atoms with Crippen molar-refractivity contribution in [3.8, 4) is 0 Å². The van der Waals surface area contributed by atoms with E-state index >= 15 is 0 Å². The van der Waals surface area contributed by atoms with Crippen LogP contribution < -0.4 is 5.32 Å². The van der Waals surface area contributed by atoms with Gasteiger partial charge in [-0.1, -0.05) is 0 Å². The average molecular weight is 202 g/mol. The van der Waals surface area contributed by atoms with Crippen LogP contribution in [0.4, 0.5) is 0 Å². The first-order valence-electron chi connectivity index (χ1n) is 3.61. The highest BCUT2D eigenvalue weighted by molar-refractivity contribution is 7.78. The monoisotopic (exact) mass is 202 g/mol. The minimum absolute atomic E-state index is 0.221. The molecule has 13 heavy (non-hydrogen) atoms. The predicted octanol–water partition coefficient (Wildman–Crippen LogP) is 0.0686. The quantitative estimate of drug-likeness (QED) is 0.488. The lowest BCUT2D eigenvalue weighted by Crippen LogP contribution is -2.39. The second kappa shape index (κ2) is 6.28. The Morgan fingerprint density at radius 3 is 2.69 bits per heavy atom. The van der Waals surface area contributed by atoms with E-state index in [9.17, 15) is 9.59 Å². The standard InChI is InChI=1S/C7H10N2O3S/c1-5(10)9-6(7(11)12)2-3-8-4-13/h6H,2-3H2,1H3,(H,9,10)(H,11,12). The Labute approximate surface area is 80.9 Å². The third-order valence-corrected chi connectivity index (χ3v) is 1.40. The molecule has 0 saturated heterocycles. The Morgan fingerprint density at radius 2 is 2.31 bits per heavy atom. The van der Waals surface area contributed by atoms with Crippen molar-refractivity contribution in [2.75, 3.05) is 6.54 Å². The minimum atomic E-state index is -1.07. The SMILES string of the molecule is CC(=O)NC(CCN=C=S)C(=O)O. The molecule has 2 N–H and O–H groups in total. The van der Waals surface area contributed by atoms with Crippen molar-refractivity contribution in [3.05, 3.63) is 0 Å². The van der Waals surface area contributed by atoms with Crippen LogP contribution in [0.25, 0.3) is 0 Å². The van der Waals surface area contributed by atoms with E-state index < -0.39 is 12.0 Å². The Hall–Kier alpha value is -1.26. The molecule has 0 bridgehead atoms. The van der Waals surface area contributed by atoms with Gasteiger partial charge in [-0.05, 0) is 18.6 Å². The molecule has 1 unspecified atom stereocenters. The van der Waals surface area contributed by atoms with E-state index in [1.54, 1.807) is 0 Å². The first kappa shape index (κ1) is 11.7. The lowest BCUT2D eigenvalue weighted by Gasteiger charge is -2.10. The molecule has 1 atom stereocenters. The van der Waals surface area contributed by atoms with Crippen molar-refractivity contribution in [1.82, 2.24) is 5.32 Å². The van der Waals surface area contributed by atoms with Crippen LogP contribution >= 0.6 is 12.2 Å².